The maximum atomic E-state index is 12.0. The first-order valence-electron chi connectivity index (χ1n) is 8.29. The zero-order chi connectivity index (χ0) is 18.1. The lowest BCUT2D eigenvalue weighted by molar-refractivity contribution is -0.118. The Morgan fingerprint density at radius 1 is 1.32 bits per heavy atom. The summed E-state index contributed by atoms with van der Waals surface area (Å²) in [4.78, 5) is 12.0. The van der Waals surface area contributed by atoms with Gasteiger partial charge in [0.15, 0.2) is 10.9 Å². The molecule has 8 heteroatoms. The highest BCUT2D eigenvalue weighted by atomic mass is 79.9. The second kappa shape index (κ2) is 10.8. The number of carbonyl (C=O) groups excluding carboxylic acids is 1. The second-order valence-corrected chi connectivity index (χ2v) is 8.60. The Morgan fingerprint density at radius 2 is 2.16 bits per heavy atom. The SMILES string of the molecule is CCCCSc1nnc(NC(=O)COc2ccc(CCC)cc2Br)s1. The zero-order valence-corrected chi connectivity index (χ0v) is 17.6. The van der Waals surface area contributed by atoms with Gasteiger partial charge in [0, 0.05) is 5.75 Å². The van der Waals surface area contributed by atoms with Crippen molar-refractivity contribution >= 4 is 50.1 Å². The van der Waals surface area contributed by atoms with Gasteiger partial charge < -0.3 is 4.74 Å². The number of benzene rings is 1. The molecule has 5 nitrogen and oxygen atoms in total. The smallest absolute Gasteiger partial charge is 0.264 e. The lowest BCUT2D eigenvalue weighted by atomic mass is 10.1. The number of ether oxygens (including phenoxy) is 1. The predicted octanol–water partition coefficient (Wildman–Crippen LogP) is 5.16. The third-order valence-corrected chi connectivity index (χ3v) is 5.95. The number of halogens is 1. The molecule has 0 aliphatic heterocycles. The van der Waals surface area contributed by atoms with Crippen molar-refractivity contribution in [1.82, 2.24) is 10.2 Å². The van der Waals surface area contributed by atoms with Crippen LogP contribution in [0.2, 0.25) is 0 Å². The van der Waals surface area contributed by atoms with Gasteiger partial charge in [-0.05, 0) is 46.5 Å². The predicted molar refractivity (Wildman–Crippen MR) is 108 cm³/mol. The minimum absolute atomic E-state index is 0.0659. The third-order valence-electron chi connectivity index (χ3n) is 3.27. The number of hydrogen-bond acceptors (Lipinski definition) is 6. The van der Waals surface area contributed by atoms with Crippen LogP contribution < -0.4 is 10.1 Å². The minimum atomic E-state index is -0.245. The average Bonchev–Trinajstić information content (AvgIpc) is 3.02. The Bertz CT molecular complexity index is 694. The molecule has 0 bridgehead atoms. The number of aromatic nitrogens is 2. The number of rotatable bonds is 10. The van der Waals surface area contributed by atoms with E-state index in [1.807, 2.05) is 18.2 Å². The molecular formula is C17H22BrN3O2S2. The summed E-state index contributed by atoms with van der Waals surface area (Å²) in [6, 6.07) is 5.93. The maximum absolute atomic E-state index is 12.0. The van der Waals surface area contributed by atoms with Crippen molar-refractivity contribution in [2.24, 2.45) is 0 Å². The van der Waals surface area contributed by atoms with Gasteiger partial charge in [0.2, 0.25) is 5.13 Å². The number of nitrogens with one attached hydrogen (secondary N) is 1. The first-order chi connectivity index (χ1) is 12.1. The van der Waals surface area contributed by atoms with E-state index in [0.29, 0.717) is 10.9 Å². The molecule has 0 fully saturated rings. The van der Waals surface area contributed by atoms with Crippen LogP contribution in [0, 0.1) is 0 Å². The molecule has 0 atom stereocenters. The number of carbonyl (C=O) groups is 1. The molecule has 1 N–H and O–H groups in total. The molecular weight excluding hydrogens is 422 g/mol. The van der Waals surface area contributed by atoms with E-state index in [4.69, 9.17) is 4.74 Å². The monoisotopic (exact) mass is 443 g/mol. The molecule has 25 heavy (non-hydrogen) atoms. The molecule has 0 radical (unpaired) electrons. The Hall–Kier alpha value is -1.12. The van der Waals surface area contributed by atoms with Crippen LogP contribution in [0.4, 0.5) is 5.13 Å². The number of thioether (sulfide) groups is 1. The number of unbranched alkanes of at least 4 members (excludes halogenated alkanes) is 1. The fourth-order valence-corrected chi connectivity index (χ4v) is 4.49. The summed E-state index contributed by atoms with van der Waals surface area (Å²) in [5.74, 6) is 1.43. The summed E-state index contributed by atoms with van der Waals surface area (Å²) in [6.45, 7) is 4.23. The molecule has 0 saturated heterocycles. The van der Waals surface area contributed by atoms with Crippen LogP contribution in [-0.4, -0.2) is 28.5 Å². The van der Waals surface area contributed by atoms with Crippen LogP contribution in [0.3, 0.4) is 0 Å². The van der Waals surface area contributed by atoms with E-state index in [2.05, 4.69) is 45.3 Å². The van der Waals surface area contributed by atoms with Gasteiger partial charge in [-0.1, -0.05) is 55.9 Å². The Balaban J connectivity index is 1.80. The van der Waals surface area contributed by atoms with Gasteiger partial charge in [-0.25, -0.2) is 0 Å². The van der Waals surface area contributed by atoms with Crippen LogP contribution in [0.1, 0.15) is 38.7 Å². The highest BCUT2D eigenvalue weighted by Crippen LogP contribution is 2.27. The molecule has 1 amide bonds. The first kappa shape index (κ1) is 20.2. The van der Waals surface area contributed by atoms with Crippen molar-refractivity contribution in [3.8, 4) is 5.75 Å². The highest BCUT2D eigenvalue weighted by Gasteiger charge is 2.10. The number of nitrogens with zero attached hydrogens (tertiary/aromatic N) is 2. The molecule has 0 aliphatic rings. The fraction of sp³-hybridized carbons (Fsp3) is 0.471. The summed E-state index contributed by atoms with van der Waals surface area (Å²) in [5, 5.41) is 11.3. The summed E-state index contributed by atoms with van der Waals surface area (Å²) in [7, 11) is 0. The van der Waals surface area contributed by atoms with Gasteiger partial charge in [-0.3, -0.25) is 10.1 Å². The minimum Gasteiger partial charge on any atom is -0.483 e. The van der Waals surface area contributed by atoms with Gasteiger partial charge >= 0.3 is 0 Å². The normalized spacial score (nSPS) is 10.7. The molecule has 136 valence electrons. The Morgan fingerprint density at radius 3 is 2.88 bits per heavy atom. The highest BCUT2D eigenvalue weighted by molar-refractivity contribution is 9.10. The summed E-state index contributed by atoms with van der Waals surface area (Å²) >= 11 is 6.54. The van der Waals surface area contributed by atoms with Crippen LogP contribution in [0.25, 0.3) is 0 Å². The van der Waals surface area contributed by atoms with Crippen molar-refractivity contribution in [2.75, 3.05) is 17.7 Å². The fourth-order valence-electron chi connectivity index (χ4n) is 2.03. The van der Waals surface area contributed by atoms with E-state index in [1.54, 1.807) is 11.8 Å². The molecule has 1 aromatic heterocycles. The number of amides is 1. The lowest BCUT2D eigenvalue weighted by Gasteiger charge is -2.09. The molecule has 0 aliphatic carbocycles. The third kappa shape index (κ3) is 6.95. The molecule has 0 spiro atoms. The molecule has 1 heterocycles. The van der Waals surface area contributed by atoms with Gasteiger partial charge in [0.25, 0.3) is 5.91 Å². The van der Waals surface area contributed by atoms with E-state index in [-0.39, 0.29) is 12.5 Å². The van der Waals surface area contributed by atoms with E-state index in [1.165, 1.54) is 16.9 Å². The van der Waals surface area contributed by atoms with Crippen LogP contribution in [-0.2, 0) is 11.2 Å². The largest absolute Gasteiger partial charge is 0.483 e. The Labute approximate surface area is 165 Å². The van der Waals surface area contributed by atoms with E-state index in [0.717, 1.165) is 40.2 Å². The molecule has 2 rings (SSSR count). The van der Waals surface area contributed by atoms with Crippen LogP contribution >= 0.6 is 39.0 Å². The molecule has 0 saturated carbocycles. The van der Waals surface area contributed by atoms with Gasteiger partial charge in [-0.2, -0.15) is 0 Å². The van der Waals surface area contributed by atoms with E-state index < -0.39 is 0 Å². The summed E-state index contributed by atoms with van der Waals surface area (Å²) in [6.07, 6.45) is 4.41. The average molecular weight is 444 g/mol. The van der Waals surface area contributed by atoms with Crippen LogP contribution in [0.15, 0.2) is 27.0 Å². The molecule has 2 aromatic rings. The maximum Gasteiger partial charge on any atom is 0.264 e. The summed E-state index contributed by atoms with van der Waals surface area (Å²) < 4.78 is 7.31. The van der Waals surface area contributed by atoms with Gasteiger partial charge in [0.1, 0.15) is 5.75 Å². The van der Waals surface area contributed by atoms with E-state index in [9.17, 15) is 4.79 Å². The summed E-state index contributed by atoms with van der Waals surface area (Å²) in [5.41, 5.74) is 1.24. The van der Waals surface area contributed by atoms with Gasteiger partial charge in [0.05, 0.1) is 4.47 Å². The van der Waals surface area contributed by atoms with E-state index >= 15 is 0 Å². The van der Waals surface area contributed by atoms with Gasteiger partial charge in [-0.15, -0.1) is 10.2 Å². The number of aryl methyl sites for hydroxylation is 1. The number of anilines is 1. The standard InChI is InChI=1S/C17H22BrN3O2S2/c1-3-5-9-24-17-21-20-16(25-17)19-15(22)11-23-14-8-7-12(6-4-2)10-13(14)18/h7-8,10H,3-6,9,11H2,1-2H3,(H,19,20,22). The van der Waals surface area contributed by atoms with Crippen molar-refractivity contribution in [2.45, 2.75) is 43.9 Å². The molecule has 1 aromatic carbocycles. The lowest BCUT2D eigenvalue weighted by Crippen LogP contribution is -2.20. The number of hydrogen-bond donors (Lipinski definition) is 1. The quantitative estimate of drug-likeness (QED) is 0.312. The zero-order valence-electron chi connectivity index (χ0n) is 14.4. The van der Waals surface area contributed by atoms with Crippen molar-refractivity contribution in [1.29, 1.82) is 0 Å². The topological polar surface area (TPSA) is 64.1 Å². The van der Waals surface area contributed by atoms with Crippen molar-refractivity contribution in [3.05, 3.63) is 28.2 Å². The van der Waals surface area contributed by atoms with Crippen molar-refractivity contribution in [3.63, 3.8) is 0 Å². The molecule has 0 unspecified atom stereocenters. The van der Waals surface area contributed by atoms with Crippen LogP contribution in [0.5, 0.6) is 5.75 Å². The Kier molecular flexibility index (Phi) is 8.71. The van der Waals surface area contributed by atoms with Crippen molar-refractivity contribution < 1.29 is 9.53 Å². The second-order valence-electron chi connectivity index (χ2n) is 5.43. The first-order valence-corrected chi connectivity index (χ1v) is 10.9.